The second-order valence-corrected chi connectivity index (χ2v) is 6.45. The van der Waals surface area contributed by atoms with Crippen molar-refractivity contribution in [3.63, 3.8) is 0 Å². The number of carbonyl (C=O) groups is 2. The number of hydrogen-bond donors (Lipinski definition) is 0. The maximum absolute atomic E-state index is 12.9. The van der Waals surface area contributed by atoms with Gasteiger partial charge in [-0.15, -0.1) is 0 Å². The average Bonchev–Trinajstić information content (AvgIpc) is 2.96. The summed E-state index contributed by atoms with van der Waals surface area (Å²) in [4.78, 5) is 28.0. The van der Waals surface area contributed by atoms with Crippen LogP contribution in [0.3, 0.4) is 0 Å². The van der Waals surface area contributed by atoms with Gasteiger partial charge in [0.1, 0.15) is 5.76 Å². The molecule has 1 aromatic carbocycles. The summed E-state index contributed by atoms with van der Waals surface area (Å²) in [7, 11) is 0. The highest BCUT2D eigenvalue weighted by molar-refractivity contribution is 5.95. The van der Waals surface area contributed by atoms with Crippen LogP contribution in [-0.2, 0) is 17.5 Å². The van der Waals surface area contributed by atoms with Crippen LogP contribution < -0.4 is 0 Å². The molecular weight excluding hydrogens is 361 g/mol. The molecular formula is C19H19F3N2O3. The molecule has 2 heterocycles. The van der Waals surface area contributed by atoms with Crippen LogP contribution in [0, 0.1) is 6.92 Å². The lowest BCUT2D eigenvalue weighted by Crippen LogP contribution is -2.35. The smallest absolute Gasteiger partial charge is 0.416 e. The molecule has 0 aliphatic carbocycles. The van der Waals surface area contributed by atoms with Gasteiger partial charge in [-0.2, -0.15) is 13.2 Å². The van der Waals surface area contributed by atoms with Crippen molar-refractivity contribution in [3.8, 4) is 0 Å². The summed E-state index contributed by atoms with van der Waals surface area (Å²) in [5.74, 6) is 0.109. The Balaban J connectivity index is 1.69. The molecule has 0 radical (unpaired) electrons. The highest BCUT2D eigenvalue weighted by Crippen LogP contribution is 2.30. The second kappa shape index (κ2) is 7.46. The van der Waals surface area contributed by atoms with E-state index in [2.05, 4.69) is 0 Å². The van der Waals surface area contributed by atoms with Crippen LogP contribution >= 0.6 is 0 Å². The minimum atomic E-state index is -4.43. The van der Waals surface area contributed by atoms with Crippen LogP contribution in [-0.4, -0.2) is 41.2 Å². The molecule has 0 unspecified atom stereocenters. The standard InChI is InChI=1S/C19H19F3N2O3/c1-13-16(6-10-27-13)18(26)23-7-5-17(25)24(9-8-23)12-14-3-2-4-15(11-14)19(20,21)22/h2-4,6,10-11H,5,7-9,12H2,1H3. The molecule has 0 saturated carbocycles. The van der Waals surface area contributed by atoms with Gasteiger partial charge in [0.25, 0.3) is 5.91 Å². The molecule has 1 fully saturated rings. The van der Waals surface area contributed by atoms with Crippen molar-refractivity contribution in [1.82, 2.24) is 9.80 Å². The zero-order valence-corrected chi connectivity index (χ0v) is 14.8. The van der Waals surface area contributed by atoms with Crippen molar-refractivity contribution in [3.05, 3.63) is 59.0 Å². The number of rotatable bonds is 3. The first kappa shape index (κ1) is 19.0. The Morgan fingerprint density at radius 2 is 1.96 bits per heavy atom. The number of benzene rings is 1. The minimum Gasteiger partial charge on any atom is -0.469 e. The first-order valence-corrected chi connectivity index (χ1v) is 8.53. The molecule has 1 aliphatic heterocycles. The third-order valence-electron chi connectivity index (χ3n) is 4.59. The lowest BCUT2D eigenvalue weighted by atomic mass is 10.1. The van der Waals surface area contributed by atoms with Gasteiger partial charge in [-0.3, -0.25) is 9.59 Å². The molecule has 144 valence electrons. The fourth-order valence-corrected chi connectivity index (χ4v) is 3.08. The van der Waals surface area contributed by atoms with Crippen molar-refractivity contribution in [2.24, 2.45) is 0 Å². The van der Waals surface area contributed by atoms with E-state index in [1.165, 1.54) is 17.2 Å². The largest absolute Gasteiger partial charge is 0.469 e. The lowest BCUT2D eigenvalue weighted by Gasteiger charge is -2.22. The monoisotopic (exact) mass is 380 g/mol. The van der Waals surface area contributed by atoms with Crippen molar-refractivity contribution in [2.75, 3.05) is 19.6 Å². The number of furan rings is 1. The highest BCUT2D eigenvalue weighted by atomic mass is 19.4. The van der Waals surface area contributed by atoms with E-state index >= 15 is 0 Å². The first-order valence-electron chi connectivity index (χ1n) is 8.53. The first-order chi connectivity index (χ1) is 12.8. The predicted molar refractivity (Wildman–Crippen MR) is 90.8 cm³/mol. The average molecular weight is 380 g/mol. The van der Waals surface area contributed by atoms with Crippen molar-refractivity contribution >= 4 is 11.8 Å². The summed E-state index contributed by atoms with van der Waals surface area (Å²) < 4.78 is 43.7. The number of hydrogen-bond acceptors (Lipinski definition) is 3. The zero-order chi connectivity index (χ0) is 19.6. The van der Waals surface area contributed by atoms with Gasteiger partial charge in [0, 0.05) is 32.6 Å². The Bertz CT molecular complexity index is 845. The number of alkyl halides is 3. The Hall–Kier alpha value is -2.77. The van der Waals surface area contributed by atoms with Gasteiger partial charge in [0.05, 0.1) is 17.4 Å². The Morgan fingerprint density at radius 1 is 1.19 bits per heavy atom. The third kappa shape index (κ3) is 4.32. The summed E-state index contributed by atoms with van der Waals surface area (Å²) >= 11 is 0. The zero-order valence-electron chi connectivity index (χ0n) is 14.8. The number of carbonyl (C=O) groups excluding carboxylic acids is 2. The van der Waals surface area contributed by atoms with E-state index in [4.69, 9.17) is 4.42 Å². The van der Waals surface area contributed by atoms with Crippen LogP contribution in [0.15, 0.2) is 41.0 Å². The second-order valence-electron chi connectivity index (χ2n) is 6.45. The summed E-state index contributed by atoms with van der Waals surface area (Å²) in [6.07, 6.45) is -2.86. The number of nitrogens with zero attached hydrogens (tertiary/aromatic N) is 2. The molecule has 0 spiro atoms. The molecule has 8 heteroatoms. The van der Waals surface area contributed by atoms with Gasteiger partial charge in [-0.25, -0.2) is 0 Å². The van der Waals surface area contributed by atoms with Crippen LogP contribution in [0.4, 0.5) is 13.2 Å². The van der Waals surface area contributed by atoms with E-state index < -0.39 is 11.7 Å². The quantitative estimate of drug-likeness (QED) is 0.819. The van der Waals surface area contributed by atoms with Gasteiger partial charge < -0.3 is 14.2 Å². The Labute approximate surface area is 154 Å². The molecule has 27 heavy (non-hydrogen) atoms. The maximum Gasteiger partial charge on any atom is 0.416 e. The van der Waals surface area contributed by atoms with Crippen LogP contribution in [0.2, 0.25) is 0 Å². The summed E-state index contributed by atoms with van der Waals surface area (Å²) in [5, 5.41) is 0. The molecule has 0 bridgehead atoms. The van der Waals surface area contributed by atoms with E-state index in [0.29, 0.717) is 23.4 Å². The van der Waals surface area contributed by atoms with Crippen molar-refractivity contribution in [1.29, 1.82) is 0 Å². The molecule has 2 aromatic rings. The van der Waals surface area contributed by atoms with E-state index in [1.54, 1.807) is 24.0 Å². The van der Waals surface area contributed by atoms with E-state index in [1.807, 2.05) is 0 Å². The predicted octanol–water partition coefficient (Wildman–Crippen LogP) is 3.48. The van der Waals surface area contributed by atoms with E-state index in [0.717, 1.165) is 12.1 Å². The number of aryl methyl sites for hydroxylation is 1. The number of amides is 2. The normalized spacial score (nSPS) is 15.8. The Kier molecular flexibility index (Phi) is 5.25. The lowest BCUT2D eigenvalue weighted by molar-refractivity contribution is -0.137. The molecule has 3 rings (SSSR count). The Morgan fingerprint density at radius 3 is 2.63 bits per heavy atom. The fraction of sp³-hybridized carbons (Fsp3) is 0.368. The fourth-order valence-electron chi connectivity index (χ4n) is 3.08. The summed E-state index contributed by atoms with van der Waals surface area (Å²) in [5.41, 5.74) is 0.118. The van der Waals surface area contributed by atoms with Crippen molar-refractivity contribution < 1.29 is 27.2 Å². The van der Waals surface area contributed by atoms with Crippen LogP contribution in [0.5, 0.6) is 0 Å². The summed E-state index contributed by atoms with van der Waals surface area (Å²) in [6, 6.07) is 6.53. The SMILES string of the molecule is Cc1occc1C(=O)N1CCC(=O)N(Cc2cccc(C(F)(F)F)c2)CC1. The molecule has 2 amide bonds. The number of halogens is 3. The molecule has 1 aliphatic rings. The van der Waals surface area contributed by atoms with Crippen LogP contribution in [0.25, 0.3) is 0 Å². The minimum absolute atomic E-state index is 0.0789. The van der Waals surface area contributed by atoms with Gasteiger partial charge >= 0.3 is 6.18 Å². The van der Waals surface area contributed by atoms with Crippen molar-refractivity contribution in [2.45, 2.75) is 26.1 Å². The molecule has 5 nitrogen and oxygen atoms in total. The van der Waals surface area contributed by atoms with Gasteiger partial charge in [-0.05, 0) is 30.7 Å². The maximum atomic E-state index is 12.9. The van der Waals surface area contributed by atoms with Crippen LogP contribution in [0.1, 0.15) is 33.7 Å². The van der Waals surface area contributed by atoms with E-state index in [9.17, 15) is 22.8 Å². The van der Waals surface area contributed by atoms with Gasteiger partial charge in [0.2, 0.25) is 5.91 Å². The van der Waals surface area contributed by atoms with Gasteiger partial charge in [-0.1, -0.05) is 12.1 Å². The topological polar surface area (TPSA) is 53.8 Å². The molecule has 1 saturated heterocycles. The van der Waals surface area contributed by atoms with E-state index in [-0.39, 0.29) is 37.9 Å². The highest BCUT2D eigenvalue weighted by Gasteiger charge is 2.31. The molecule has 1 aromatic heterocycles. The third-order valence-corrected chi connectivity index (χ3v) is 4.59. The molecule has 0 atom stereocenters. The van der Waals surface area contributed by atoms with Gasteiger partial charge in [0.15, 0.2) is 0 Å². The summed E-state index contributed by atoms with van der Waals surface area (Å²) in [6.45, 7) is 2.61. The molecule has 0 N–H and O–H groups in total.